The number of hydrogen-bond acceptors (Lipinski definition) is 3. The molecule has 0 aliphatic rings. The Morgan fingerprint density at radius 1 is 1.28 bits per heavy atom. The fraction of sp³-hybridized carbons (Fsp3) is 0.600. The molecule has 1 aromatic carbocycles. The summed E-state index contributed by atoms with van der Waals surface area (Å²) in [5.41, 5.74) is 7.80. The molecular weight excluding hydrogens is 224 g/mol. The molecule has 0 aliphatic heterocycles. The molecule has 102 valence electrons. The Morgan fingerprint density at radius 3 is 2.56 bits per heavy atom. The number of nitrogen functional groups attached to an aromatic ring is 1. The van der Waals surface area contributed by atoms with Gasteiger partial charge in [0.25, 0.3) is 0 Å². The Bertz CT molecular complexity index is 366. The van der Waals surface area contributed by atoms with Crippen molar-refractivity contribution in [3.63, 3.8) is 0 Å². The number of hydrogen-bond donors (Lipinski definition) is 1. The summed E-state index contributed by atoms with van der Waals surface area (Å²) in [5.74, 6) is 1.48. The second kappa shape index (κ2) is 7.14. The molecule has 3 heteroatoms. The summed E-state index contributed by atoms with van der Waals surface area (Å²) in [6, 6.07) is 6.05. The zero-order valence-electron chi connectivity index (χ0n) is 12.1. The molecule has 0 spiro atoms. The standard InChI is InChI=1S/C15H26N2O/c1-5-12(4)11-17(6-2)13-8-9-14(16)15(10-13)18-7-3/h8-10,12H,5-7,11,16H2,1-4H3. The van der Waals surface area contributed by atoms with Crippen molar-refractivity contribution in [2.45, 2.75) is 34.1 Å². The van der Waals surface area contributed by atoms with Crippen LogP contribution in [0.25, 0.3) is 0 Å². The maximum atomic E-state index is 5.90. The van der Waals surface area contributed by atoms with Crippen molar-refractivity contribution in [2.24, 2.45) is 5.92 Å². The molecule has 0 fully saturated rings. The minimum Gasteiger partial charge on any atom is -0.492 e. The first-order valence-corrected chi connectivity index (χ1v) is 6.89. The van der Waals surface area contributed by atoms with Crippen LogP contribution < -0.4 is 15.4 Å². The van der Waals surface area contributed by atoms with Crippen LogP contribution in [-0.2, 0) is 0 Å². The Morgan fingerprint density at radius 2 is 2.00 bits per heavy atom. The molecule has 1 aromatic rings. The van der Waals surface area contributed by atoms with E-state index in [0.717, 1.165) is 18.8 Å². The quantitative estimate of drug-likeness (QED) is 0.752. The second-order valence-electron chi connectivity index (χ2n) is 4.71. The van der Waals surface area contributed by atoms with Crippen LogP contribution in [0, 0.1) is 5.92 Å². The summed E-state index contributed by atoms with van der Waals surface area (Å²) >= 11 is 0. The topological polar surface area (TPSA) is 38.5 Å². The zero-order valence-corrected chi connectivity index (χ0v) is 12.1. The van der Waals surface area contributed by atoms with E-state index < -0.39 is 0 Å². The number of benzene rings is 1. The van der Waals surface area contributed by atoms with Crippen molar-refractivity contribution in [2.75, 3.05) is 30.3 Å². The fourth-order valence-electron chi connectivity index (χ4n) is 1.92. The van der Waals surface area contributed by atoms with Crippen LogP contribution in [-0.4, -0.2) is 19.7 Å². The van der Waals surface area contributed by atoms with E-state index in [1.165, 1.54) is 12.1 Å². The minimum absolute atomic E-state index is 0.644. The van der Waals surface area contributed by atoms with Crippen LogP contribution in [0.3, 0.4) is 0 Å². The molecule has 2 N–H and O–H groups in total. The zero-order chi connectivity index (χ0) is 13.5. The summed E-state index contributed by atoms with van der Waals surface area (Å²) in [6.07, 6.45) is 1.20. The van der Waals surface area contributed by atoms with Gasteiger partial charge in [-0.05, 0) is 31.9 Å². The van der Waals surface area contributed by atoms with Gasteiger partial charge >= 0.3 is 0 Å². The highest BCUT2D eigenvalue weighted by Gasteiger charge is 2.10. The van der Waals surface area contributed by atoms with Crippen LogP contribution in [0.4, 0.5) is 11.4 Å². The number of ether oxygens (including phenoxy) is 1. The molecule has 0 saturated heterocycles. The van der Waals surface area contributed by atoms with Gasteiger partial charge in [-0.15, -0.1) is 0 Å². The summed E-state index contributed by atoms with van der Waals surface area (Å²) in [4.78, 5) is 2.37. The molecule has 0 heterocycles. The highest BCUT2D eigenvalue weighted by atomic mass is 16.5. The van der Waals surface area contributed by atoms with Crippen LogP contribution in [0.15, 0.2) is 18.2 Å². The molecule has 3 nitrogen and oxygen atoms in total. The van der Waals surface area contributed by atoms with Gasteiger partial charge in [-0.3, -0.25) is 0 Å². The highest BCUT2D eigenvalue weighted by Crippen LogP contribution is 2.28. The van der Waals surface area contributed by atoms with Crippen molar-refractivity contribution in [1.29, 1.82) is 0 Å². The Labute approximate surface area is 111 Å². The van der Waals surface area contributed by atoms with Crippen LogP contribution >= 0.6 is 0 Å². The van der Waals surface area contributed by atoms with Gasteiger partial charge in [0.05, 0.1) is 12.3 Å². The van der Waals surface area contributed by atoms with Gasteiger partial charge in [-0.25, -0.2) is 0 Å². The van der Waals surface area contributed by atoms with Gasteiger partial charge in [0.1, 0.15) is 5.75 Å². The van der Waals surface area contributed by atoms with Gasteiger partial charge in [-0.1, -0.05) is 20.3 Å². The van der Waals surface area contributed by atoms with Crippen LogP contribution in [0.5, 0.6) is 5.75 Å². The lowest BCUT2D eigenvalue weighted by atomic mass is 10.1. The van der Waals surface area contributed by atoms with Gasteiger partial charge < -0.3 is 15.4 Å². The van der Waals surface area contributed by atoms with Crippen molar-refractivity contribution in [3.05, 3.63) is 18.2 Å². The molecule has 0 aromatic heterocycles. The van der Waals surface area contributed by atoms with Crippen molar-refractivity contribution >= 4 is 11.4 Å². The maximum Gasteiger partial charge on any atom is 0.144 e. The fourth-order valence-corrected chi connectivity index (χ4v) is 1.92. The van der Waals surface area contributed by atoms with E-state index in [1.54, 1.807) is 0 Å². The van der Waals surface area contributed by atoms with Gasteiger partial charge in [0, 0.05) is 24.8 Å². The number of anilines is 2. The number of rotatable bonds is 7. The third kappa shape index (κ3) is 3.83. The summed E-state index contributed by atoms with van der Waals surface area (Å²) in [6.45, 7) is 11.4. The first-order chi connectivity index (χ1) is 8.62. The van der Waals surface area contributed by atoms with Crippen molar-refractivity contribution in [1.82, 2.24) is 0 Å². The first kappa shape index (κ1) is 14.7. The number of nitrogens with two attached hydrogens (primary N) is 1. The molecular formula is C15H26N2O. The average molecular weight is 250 g/mol. The molecule has 0 saturated carbocycles. The Kier molecular flexibility index (Phi) is 5.83. The predicted molar refractivity (Wildman–Crippen MR) is 79.4 cm³/mol. The lowest BCUT2D eigenvalue weighted by molar-refractivity contribution is 0.342. The Balaban J connectivity index is 2.88. The smallest absolute Gasteiger partial charge is 0.144 e. The van der Waals surface area contributed by atoms with Gasteiger partial charge in [0.15, 0.2) is 0 Å². The predicted octanol–water partition coefficient (Wildman–Crippen LogP) is 3.54. The molecule has 0 aliphatic carbocycles. The molecule has 0 radical (unpaired) electrons. The van der Waals surface area contributed by atoms with E-state index in [9.17, 15) is 0 Å². The summed E-state index contributed by atoms with van der Waals surface area (Å²) in [5, 5.41) is 0. The summed E-state index contributed by atoms with van der Waals surface area (Å²) < 4.78 is 5.55. The minimum atomic E-state index is 0.644. The molecule has 18 heavy (non-hydrogen) atoms. The van der Waals surface area contributed by atoms with E-state index in [0.29, 0.717) is 18.2 Å². The van der Waals surface area contributed by atoms with Gasteiger partial charge in [-0.2, -0.15) is 0 Å². The molecule has 1 atom stereocenters. The summed E-state index contributed by atoms with van der Waals surface area (Å²) in [7, 11) is 0. The largest absolute Gasteiger partial charge is 0.492 e. The van der Waals surface area contributed by atoms with E-state index in [1.807, 2.05) is 19.1 Å². The van der Waals surface area contributed by atoms with E-state index >= 15 is 0 Å². The SMILES string of the molecule is CCOc1cc(N(CC)CC(C)CC)ccc1N. The van der Waals surface area contributed by atoms with Crippen molar-refractivity contribution < 1.29 is 4.74 Å². The van der Waals surface area contributed by atoms with Gasteiger partial charge in [0.2, 0.25) is 0 Å². The normalized spacial score (nSPS) is 12.2. The third-order valence-electron chi connectivity index (χ3n) is 3.27. The van der Waals surface area contributed by atoms with Crippen LogP contribution in [0.2, 0.25) is 0 Å². The van der Waals surface area contributed by atoms with Crippen molar-refractivity contribution in [3.8, 4) is 5.75 Å². The molecule has 1 unspecified atom stereocenters. The monoisotopic (exact) mass is 250 g/mol. The highest BCUT2D eigenvalue weighted by molar-refractivity contribution is 5.62. The van der Waals surface area contributed by atoms with E-state index in [4.69, 9.17) is 10.5 Å². The molecule has 1 rings (SSSR count). The second-order valence-corrected chi connectivity index (χ2v) is 4.71. The lowest BCUT2D eigenvalue weighted by Crippen LogP contribution is -2.28. The van der Waals surface area contributed by atoms with Crippen LogP contribution in [0.1, 0.15) is 34.1 Å². The number of nitrogens with zero attached hydrogens (tertiary/aromatic N) is 1. The maximum absolute atomic E-state index is 5.90. The third-order valence-corrected chi connectivity index (χ3v) is 3.27. The molecule has 0 bridgehead atoms. The Hall–Kier alpha value is -1.38. The first-order valence-electron chi connectivity index (χ1n) is 6.89. The lowest BCUT2D eigenvalue weighted by Gasteiger charge is -2.26. The average Bonchev–Trinajstić information content (AvgIpc) is 2.38. The molecule has 0 amide bonds. The van der Waals surface area contributed by atoms with E-state index in [2.05, 4.69) is 31.7 Å². The van der Waals surface area contributed by atoms with E-state index in [-0.39, 0.29) is 0 Å².